The van der Waals surface area contributed by atoms with E-state index in [4.69, 9.17) is 10.8 Å². The van der Waals surface area contributed by atoms with E-state index >= 15 is 0 Å². The number of hydrogen-bond acceptors (Lipinski definition) is 7. The summed E-state index contributed by atoms with van der Waals surface area (Å²) < 4.78 is 0. The zero-order valence-electron chi connectivity index (χ0n) is 14.4. The van der Waals surface area contributed by atoms with Crippen molar-refractivity contribution in [3.8, 4) is 0 Å². The lowest BCUT2D eigenvalue weighted by Gasteiger charge is -2.25. The van der Waals surface area contributed by atoms with Gasteiger partial charge in [0.05, 0.1) is 6.04 Å². The van der Waals surface area contributed by atoms with E-state index in [0.717, 1.165) is 0 Å². The van der Waals surface area contributed by atoms with Gasteiger partial charge in [-0.1, -0.05) is 13.8 Å². The molecule has 0 aromatic carbocycles. The molecule has 9 nitrogen and oxygen atoms in total. The molecule has 0 heterocycles. The van der Waals surface area contributed by atoms with Crippen molar-refractivity contribution in [2.24, 2.45) is 11.7 Å². The summed E-state index contributed by atoms with van der Waals surface area (Å²) in [5.41, 5.74) is 5.57. The summed E-state index contributed by atoms with van der Waals surface area (Å²) in [7, 11) is 0. The van der Waals surface area contributed by atoms with Gasteiger partial charge in [-0.3, -0.25) is 14.4 Å². The van der Waals surface area contributed by atoms with E-state index in [2.05, 4.69) is 41.2 Å². The summed E-state index contributed by atoms with van der Waals surface area (Å²) in [4.78, 5) is 47.1. The van der Waals surface area contributed by atoms with Crippen LogP contribution in [-0.4, -0.2) is 64.5 Å². The van der Waals surface area contributed by atoms with Crippen molar-refractivity contribution in [1.29, 1.82) is 0 Å². The SMILES string of the molecule is CC(NC(=O)C(NC(=O)C(N)CS)C(C)C)C(=O)NC(CS)C(=O)O. The molecule has 3 amide bonds. The van der Waals surface area contributed by atoms with Crippen LogP contribution in [0.2, 0.25) is 0 Å². The van der Waals surface area contributed by atoms with Crippen LogP contribution < -0.4 is 21.7 Å². The molecular weight excluding hydrogens is 368 g/mol. The fraction of sp³-hybridized carbons (Fsp3) is 0.714. The van der Waals surface area contributed by atoms with Crippen molar-refractivity contribution in [2.45, 2.75) is 44.9 Å². The molecule has 0 radical (unpaired) electrons. The monoisotopic (exact) mass is 394 g/mol. The third-order valence-electron chi connectivity index (χ3n) is 3.33. The minimum Gasteiger partial charge on any atom is -0.480 e. The Hall–Kier alpha value is -1.46. The van der Waals surface area contributed by atoms with E-state index in [9.17, 15) is 19.2 Å². The Bertz CT molecular complexity index is 504. The second-order valence-corrected chi connectivity index (χ2v) is 6.56. The molecule has 6 N–H and O–H groups in total. The predicted octanol–water partition coefficient (Wildman–Crippen LogP) is -1.61. The third kappa shape index (κ3) is 7.97. The van der Waals surface area contributed by atoms with Gasteiger partial charge in [0.15, 0.2) is 0 Å². The Morgan fingerprint density at radius 3 is 1.88 bits per heavy atom. The van der Waals surface area contributed by atoms with E-state index in [1.54, 1.807) is 13.8 Å². The highest BCUT2D eigenvalue weighted by molar-refractivity contribution is 7.80. The second-order valence-electron chi connectivity index (χ2n) is 5.83. The molecule has 0 aliphatic carbocycles. The lowest BCUT2D eigenvalue weighted by molar-refractivity contribution is -0.141. The number of nitrogens with two attached hydrogens (primary N) is 1. The zero-order chi connectivity index (χ0) is 19.7. The maximum absolute atomic E-state index is 12.3. The van der Waals surface area contributed by atoms with Gasteiger partial charge < -0.3 is 26.8 Å². The normalized spacial score (nSPS) is 15.6. The largest absolute Gasteiger partial charge is 0.480 e. The van der Waals surface area contributed by atoms with Gasteiger partial charge >= 0.3 is 5.97 Å². The van der Waals surface area contributed by atoms with Crippen molar-refractivity contribution in [2.75, 3.05) is 11.5 Å². The minimum atomic E-state index is -1.23. The van der Waals surface area contributed by atoms with Crippen LogP contribution in [0.15, 0.2) is 0 Å². The summed E-state index contributed by atoms with van der Waals surface area (Å²) >= 11 is 7.77. The number of hydrogen-bond donors (Lipinski definition) is 7. The first-order valence-electron chi connectivity index (χ1n) is 7.66. The molecule has 0 aromatic heterocycles. The molecule has 4 unspecified atom stereocenters. The number of aliphatic carboxylic acids is 1. The summed E-state index contributed by atoms with van der Waals surface area (Å²) in [5, 5.41) is 16.1. The number of carbonyl (C=O) groups excluding carboxylic acids is 3. The predicted molar refractivity (Wildman–Crippen MR) is 99.6 cm³/mol. The average Bonchev–Trinajstić information content (AvgIpc) is 2.54. The number of thiol groups is 2. The molecule has 0 rings (SSSR count). The fourth-order valence-electron chi connectivity index (χ4n) is 1.73. The number of amides is 3. The molecule has 144 valence electrons. The molecule has 0 fully saturated rings. The second kappa shape index (κ2) is 11.2. The number of rotatable bonds is 10. The Morgan fingerprint density at radius 2 is 1.48 bits per heavy atom. The van der Waals surface area contributed by atoms with E-state index in [1.165, 1.54) is 6.92 Å². The minimum absolute atomic E-state index is 0.0893. The van der Waals surface area contributed by atoms with Crippen molar-refractivity contribution < 1.29 is 24.3 Å². The Kier molecular flexibility index (Phi) is 10.6. The number of carboxylic acid groups (broad SMARTS) is 1. The summed E-state index contributed by atoms with van der Waals surface area (Å²) in [5.74, 6) is -3.22. The van der Waals surface area contributed by atoms with Crippen LogP contribution in [0.5, 0.6) is 0 Å². The molecule has 0 aliphatic heterocycles. The number of nitrogens with one attached hydrogen (secondary N) is 3. The van der Waals surface area contributed by atoms with Crippen LogP contribution >= 0.6 is 25.3 Å². The first kappa shape index (κ1) is 23.5. The maximum atomic E-state index is 12.3. The van der Waals surface area contributed by atoms with Gasteiger partial charge in [0.25, 0.3) is 0 Å². The molecule has 0 bridgehead atoms. The summed E-state index contributed by atoms with van der Waals surface area (Å²) in [6.07, 6.45) is 0. The number of carboxylic acids is 1. The molecular formula is C14H26N4O5S2. The topological polar surface area (TPSA) is 151 Å². The van der Waals surface area contributed by atoms with Gasteiger partial charge in [0.2, 0.25) is 17.7 Å². The highest BCUT2D eigenvalue weighted by Crippen LogP contribution is 2.03. The maximum Gasteiger partial charge on any atom is 0.327 e. The van der Waals surface area contributed by atoms with Crippen LogP contribution in [0.3, 0.4) is 0 Å². The van der Waals surface area contributed by atoms with Crippen LogP contribution in [0.4, 0.5) is 0 Å². The smallest absolute Gasteiger partial charge is 0.327 e. The van der Waals surface area contributed by atoms with Gasteiger partial charge in [-0.2, -0.15) is 25.3 Å². The van der Waals surface area contributed by atoms with Crippen LogP contribution in [0, 0.1) is 5.92 Å². The average molecular weight is 395 g/mol. The van der Waals surface area contributed by atoms with E-state index in [0.29, 0.717) is 0 Å². The molecule has 0 saturated carbocycles. The van der Waals surface area contributed by atoms with Gasteiger partial charge in [0.1, 0.15) is 18.1 Å². The highest BCUT2D eigenvalue weighted by Gasteiger charge is 2.29. The van der Waals surface area contributed by atoms with Gasteiger partial charge in [-0.15, -0.1) is 0 Å². The number of carbonyl (C=O) groups is 4. The van der Waals surface area contributed by atoms with Gasteiger partial charge in [-0.05, 0) is 12.8 Å². The van der Waals surface area contributed by atoms with Crippen molar-refractivity contribution in [3.63, 3.8) is 0 Å². The van der Waals surface area contributed by atoms with Crippen molar-refractivity contribution >= 4 is 48.9 Å². The zero-order valence-corrected chi connectivity index (χ0v) is 16.1. The molecule has 0 aliphatic rings. The van der Waals surface area contributed by atoms with E-state index < -0.39 is 47.9 Å². The van der Waals surface area contributed by atoms with Crippen molar-refractivity contribution in [3.05, 3.63) is 0 Å². The van der Waals surface area contributed by atoms with Crippen molar-refractivity contribution in [1.82, 2.24) is 16.0 Å². The Balaban J connectivity index is 4.86. The van der Waals surface area contributed by atoms with Crippen LogP contribution in [-0.2, 0) is 19.2 Å². The molecule has 11 heteroatoms. The summed E-state index contributed by atoms with van der Waals surface area (Å²) in [6.45, 7) is 4.86. The quantitative estimate of drug-likeness (QED) is 0.222. The summed E-state index contributed by atoms with van der Waals surface area (Å²) in [6, 6.07) is -3.91. The first-order valence-corrected chi connectivity index (χ1v) is 8.92. The Labute approximate surface area is 157 Å². The fourth-order valence-corrected chi connectivity index (χ4v) is 2.14. The third-order valence-corrected chi connectivity index (χ3v) is 4.09. The van der Waals surface area contributed by atoms with E-state index in [1.807, 2.05) is 0 Å². The van der Waals surface area contributed by atoms with Gasteiger partial charge in [0, 0.05) is 11.5 Å². The molecule has 0 aromatic rings. The van der Waals surface area contributed by atoms with E-state index in [-0.39, 0.29) is 17.4 Å². The van der Waals surface area contributed by atoms with Crippen LogP contribution in [0.25, 0.3) is 0 Å². The van der Waals surface area contributed by atoms with Crippen LogP contribution in [0.1, 0.15) is 20.8 Å². The standard InChI is InChI=1S/C14H26N4O5S2/c1-6(2)10(18-12(20)8(15)4-24)13(21)16-7(3)11(19)17-9(5-25)14(22)23/h6-10,24-25H,4-5,15H2,1-3H3,(H,16,21)(H,17,19)(H,18,20)(H,22,23). The molecule has 0 spiro atoms. The van der Waals surface area contributed by atoms with Gasteiger partial charge in [-0.25, -0.2) is 4.79 Å². The lowest BCUT2D eigenvalue weighted by Crippen LogP contribution is -2.58. The highest BCUT2D eigenvalue weighted by atomic mass is 32.1. The molecule has 0 saturated heterocycles. The first-order chi connectivity index (χ1) is 11.5. The molecule has 25 heavy (non-hydrogen) atoms. The lowest BCUT2D eigenvalue weighted by atomic mass is 10.0. The Morgan fingerprint density at radius 1 is 0.920 bits per heavy atom. The molecule has 4 atom stereocenters.